The maximum atomic E-state index is 5.38. The Morgan fingerprint density at radius 2 is 2.06 bits per heavy atom. The number of aromatic amines is 1. The molecule has 3 rings (SSSR count). The first kappa shape index (κ1) is 11.4. The first-order valence-electron chi connectivity index (χ1n) is 6.30. The maximum Gasteiger partial charge on any atom is 0.182 e. The Morgan fingerprint density at radius 3 is 2.83 bits per heavy atom. The van der Waals surface area contributed by atoms with Crippen molar-refractivity contribution >= 4 is 17.0 Å². The zero-order chi connectivity index (χ0) is 12.4. The van der Waals surface area contributed by atoms with Gasteiger partial charge in [0, 0.05) is 13.2 Å². The van der Waals surface area contributed by atoms with Crippen LogP contribution >= 0.6 is 0 Å². The lowest BCUT2D eigenvalue weighted by Gasteiger charge is -2.28. The molecule has 2 N–H and O–H groups in total. The van der Waals surface area contributed by atoms with Gasteiger partial charge >= 0.3 is 0 Å². The van der Waals surface area contributed by atoms with Crippen LogP contribution in [0.25, 0.3) is 11.2 Å². The van der Waals surface area contributed by atoms with Gasteiger partial charge < -0.3 is 15.0 Å². The van der Waals surface area contributed by atoms with Gasteiger partial charge in [0.15, 0.2) is 11.5 Å². The molecule has 1 saturated carbocycles. The lowest BCUT2D eigenvalue weighted by molar-refractivity contribution is 0.0681. The highest BCUT2D eigenvalue weighted by molar-refractivity contribution is 5.82. The second-order valence-electron chi connectivity index (χ2n) is 4.68. The number of hydrogen-bond acceptors (Lipinski definition) is 5. The van der Waals surface area contributed by atoms with Crippen LogP contribution in [0.3, 0.4) is 0 Å². The highest BCUT2D eigenvalue weighted by Gasteiger charge is 2.21. The SMILES string of the molecule is COC1CCC(Nc2ncnc3nc[nH]c23)CC1. The van der Waals surface area contributed by atoms with Gasteiger partial charge in [0.2, 0.25) is 0 Å². The molecule has 18 heavy (non-hydrogen) atoms. The lowest BCUT2D eigenvalue weighted by atomic mass is 9.93. The Balaban J connectivity index is 1.71. The molecule has 0 spiro atoms. The fourth-order valence-electron chi connectivity index (χ4n) is 2.51. The van der Waals surface area contributed by atoms with Crippen LogP contribution < -0.4 is 5.32 Å². The van der Waals surface area contributed by atoms with E-state index in [2.05, 4.69) is 25.3 Å². The molecule has 2 aromatic heterocycles. The van der Waals surface area contributed by atoms with E-state index in [4.69, 9.17) is 4.74 Å². The zero-order valence-corrected chi connectivity index (χ0v) is 10.4. The molecule has 96 valence electrons. The van der Waals surface area contributed by atoms with Crippen molar-refractivity contribution in [2.75, 3.05) is 12.4 Å². The van der Waals surface area contributed by atoms with Crippen LogP contribution in [0.2, 0.25) is 0 Å². The van der Waals surface area contributed by atoms with E-state index < -0.39 is 0 Å². The summed E-state index contributed by atoms with van der Waals surface area (Å²) >= 11 is 0. The number of H-pyrrole nitrogens is 1. The van der Waals surface area contributed by atoms with Crippen molar-refractivity contribution in [1.82, 2.24) is 19.9 Å². The maximum absolute atomic E-state index is 5.38. The number of aromatic nitrogens is 4. The fraction of sp³-hybridized carbons (Fsp3) is 0.583. The van der Waals surface area contributed by atoms with Crippen molar-refractivity contribution in [1.29, 1.82) is 0 Å². The Morgan fingerprint density at radius 1 is 1.22 bits per heavy atom. The van der Waals surface area contributed by atoms with Gasteiger partial charge in [0.05, 0.1) is 12.4 Å². The minimum atomic E-state index is 0.417. The normalized spacial score (nSPS) is 24.3. The second-order valence-corrected chi connectivity index (χ2v) is 4.68. The van der Waals surface area contributed by atoms with E-state index in [1.807, 2.05) is 0 Å². The van der Waals surface area contributed by atoms with Crippen molar-refractivity contribution in [2.24, 2.45) is 0 Å². The molecule has 0 amide bonds. The molecule has 1 aliphatic carbocycles. The molecule has 0 aromatic carbocycles. The van der Waals surface area contributed by atoms with Gasteiger partial charge in [0.1, 0.15) is 11.8 Å². The van der Waals surface area contributed by atoms with Gasteiger partial charge in [0.25, 0.3) is 0 Å². The fourth-order valence-corrected chi connectivity index (χ4v) is 2.51. The van der Waals surface area contributed by atoms with Crippen molar-refractivity contribution in [3.05, 3.63) is 12.7 Å². The van der Waals surface area contributed by atoms with Crippen molar-refractivity contribution in [3.63, 3.8) is 0 Å². The molecular formula is C12H17N5O. The number of hydrogen-bond donors (Lipinski definition) is 2. The summed E-state index contributed by atoms with van der Waals surface area (Å²) in [6.07, 6.45) is 8.03. The van der Waals surface area contributed by atoms with Crippen LogP contribution in [0.15, 0.2) is 12.7 Å². The van der Waals surface area contributed by atoms with Crippen molar-refractivity contribution in [3.8, 4) is 0 Å². The smallest absolute Gasteiger partial charge is 0.182 e. The Labute approximate surface area is 105 Å². The van der Waals surface area contributed by atoms with E-state index in [1.54, 1.807) is 19.8 Å². The van der Waals surface area contributed by atoms with Crippen molar-refractivity contribution < 1.29 is 4.74 Å². The molecular weight excluding hydrogens is 230 g/mol. The van der Waals surface area contributed by atoms with E-state index >= 15 is 0 Å². The largest absolute Gasteiger partial charge is 0.381 e. The molecule has 0 aliphatic heterocycles. The van der Waals surface area contributed by atoms with Crippen LogP contribution in [0.5, 0.6) is 0 Å². The van der Waals surface area contributed by atoms with Crippen LogP contribution in [0.1, 0.15) is 25.7 Å². The van der Waals surface area contributed by atoms with E-state index in [1.165, 1.54) is 0 Å². The predicted molar refractivity (Wildman–Crippen MR) is 68.4 cm³/mol. The number of imidazole rings is 1. The number of anilines is 1. The van der Waals surface area contributed by atoms with Gasteiger partial charge in [-0.3, -0.25) is 0 Å². The van der Waals surface area contributed by atoms with E-state index in [-0.39, 0.29) is 0 Å². The summed E-state index contributed by atoms with van der Waals surface area (Å²) in [6, 6.07) is 0.456. The monoisotopic (exact) mass is 247 g/mol. The molecule has 2 aromatic rings. The van der Waals surface area contributed by atoms with Gasteiger partial charge in [-0.25, -0.2) is 15.0 Å². The Bertz CT molecular complexity index is 518. The molecule has 1 fully saturated rings. The third kappa shape index (κ3) is 2.15. The average molecular weight is 247 g/mol. The zero-order valence-electron chi connectivity index (χ0n) is 10.4. The highest BCUT2D eigenvalue weighted by atomic mass is 16.5. The average Bonchev–Trinajstić information content (AvgIpc) is 2.89. The molecule has 0 bridgehead atoms. The molecule has 0 atom stereocenters. The minimum absolute atomic E-state index is 0.417. The summed E-state index contributed by atoms with van der Waals surface area (Å²) in [6.45, 7) is 0. The standard InChI is InChI=1S/C12H17N5O/c1-18-9-4-2-8(3-5-9)17-12-10-11(14-6-13-10)15-7-16-12/h6-9H,2-5H2,1H3,(H2,13,14,15,16,17). The van der Waals surface area contributed by atoms with Gasteiger partial charge in [-0.2, -0.15) is 0 Å². The van der Waals surface area contributed by atoms with Gasteiger partial charge in [-0.1, -0.05) is 0 Å². The molecule has 0 unspecified atom stereocenters. The van der Waals surface area contributed by atoms with Gasteiger partial charge in [-0.15, -0.1) is 0 Å². The van der Waals surface area contributed by atoms with E-state index in [9.17, 15) is 0 Å². The van der Waals surface area contributed by atoms with E-state index in [0.717, 1.165) is 37.0 Å². The molecule has 0 radical (unpaired) electrons. The van der Waals surface area contributed by atoms with E-state index in [0.29, 0.717) is 17.8 Å². The quantitative estimate of drug-likeness (QED) is 0.863. The van der Waals surface area contributed by atoms with Gasteiger partial charge in [-0.05, 0) is 25.7 Å². The minimum Gasteiger partial charge on any atom is -0.381 e. The Kier molecular flexibility index (Phi) is 3.10. The third-order valence-electron chi connectivity index (χ3n) is 3.57. The first-order valence-corrected chi connectivity index (χ1v) is 6.30. The predicted octanol–water partition coefficient (Wildman–Crippen LogP) is 1.72. The summed E-state index contributed by atoms with van der Waals surface area (Å²) in [5.41, 5.74) is 1.59. The lowest BCUT2D eigenvalue weighted by Crippen LogP contribution is -2.29. The first-order chi connectivity index (χ1) is 8.86. The molecule has 2 heterocycles. The number of nitrogens with zero attached hydrogens (tertiary/aromatic N) is 3. The summed E-state index contributed by atoms with van der Waals surface area (Å²) in [5.74, 6) is 0.846. The second kappa shape index (κ2) is 4.89. The molecule has 6 heteroatoms. The summed E-state index contributed by atoms with van der Waals surface area (Å²) < 4.78 is 5.38. The van der Waals surface area contributed by atoms with Crippen molar-refractivity contribution in [2.45, 2.75) is 37.8 Å². The topological polar surface area (TPSA) is 75.7 Å². The number of rotatable bonds is 3. The third-order valence-corrected chi connectivity index (χ3v) is 3.57. The number of methoxy groups -OCH3 is 1. The number of nitrogens with one attached hydrogen (secondary N) is 2. The highest BCUT2D eigenvalue weighted by Crippen LogP contribution is 2.24. The van der Waals surface area contributed by atoms with Crippen LogP contribution in [-0.2, 0) is 4.74 Å². The summed E-state index contributed by atoms with van der Waals surface area (Å²) in [4.78, 5) is 15.6. The molecule has 0 saturated heterocycles. The number of ether oxygens (including phenoxy) is 1. The van der Waals surface area contributed by atoms with Crippen LogP contribution in [-0.4, -0.2) is 39.2 Å². The Hall–Kier alpha value is -1.69. The summed E-state index contributed by atoms with van der Waals surface area (Å²) in [5, 5.41) is 3.48. The molecule has 6 nitrogen and oxygen atoms in total. The number of fused-ring (bicyclic) bond motifs is 1. The van der Waals surface area contributed by atoms with Crippen LogP contribution in [0, 0.1) is 0 Å². The van der Waals surface area contributed by atoms with Crippen LogP contribution in [0.4, 0.5) is 5.82 Å². The molecule has 1 aliphatic rings. The summed E-state index contributed by atoms with van der Waals surface area (Å²) in [7, 11) is 1.79.